The number of nitrogens with zero attached hydrogens (tertiary/aromatic N) is 1. The fourth-order valence-electron chi connectivity index (χ4n) is 2.12. The first kappa shape index (κ1) is 17.5. The molecule has 0 aliphatic carbocycles. The summed E-state index contributed by atoms with van der Waals surface area (Å²) in [6, 6.07) is 6.71. The average molecular weight is 312 g/mol. The number of amides is 1. The lowest BCUT2D eigenvalue weighted by Crippen LogP contribution is -2.35. The molecule has 0 aliphatic rings. The van der Waals surface area contributed by atoms with Crippen molar-refractivity contribution in [3.05, 3.63) is 29.3 Å². The van der Waals surface area contributed by atoms with Crippen LogP contribution in [0, 0.1) is 0 Å². The van der Waals surface area contributed by atoms with Crippen LogP contribution in [0.5, 0.6) is 0 Å². The minimum atomic E-state index is -1.03. The van der Waals surface area contributed by atoms with Crippen molar-refractivity contribution in [1.29, 1.82) is 0 Å². The molecule has 0 aromatic heterocycles. The highest BCUT2D eigenvalue weighted by Crippen LogP contribution is 2.21. The third-order valence-electron chi connectivity index (χ3n) is 3.21. The van der Waals surface area contributed by atoms with Crippen LogP contribution in [0.2, 0.25) is 5.02 Å². The number of hydrogen-bond donors (Lipinski definition) is 1. The lowest BCUT2D eigenvalue weighted by molar-refractivity contribution is -0.136. The SMILES string of the molecule is CCCCCCCC(=O)N(CC(=O)O)c1cccc(Cl)c1. The van der Waals surface area contributed by atoms with E-state index in [1.165, 1.54) is 11.3 Å². The zero-order chi connectivity index (χ0) is 15.7. The van der Waals surface area contributed by atoms with Crippen molar-refractivity contribution in [3.63, 3.8) is 0 Å². The molecule has 0 radical (unpaired) electrons. The summed E-state index contributed by atoms with van der Waals surface area (Å²) in [4.78, 5) is 24.5. The fraction of sp³-hybridized carbons (Fsp3) is 0.500. The Bertz CT molecular complexity index is 476. The van der Waals surface area contributed by atoms with E-state index in [1.807, 2.05) is 0 Å². The van der Waals surface area contributed by atoms with Crippen LogP contribution in [0.25, 0.3) is 0 Å². The van der Waals surface area contributed by atoms with Gasteiger partial charge in [-0.15, -0.1) is 0 Å². The minimum Gasteiger partial charge on any atom is -0.480 e. The van der Waals surface area contributed by atoms with Gasteiger partial charge in [0.15, 0.2) is 0 Å². The Balaban J connectivity index is 2.64. The lowest BCUT2D eigenvalue weighted by atomic mass is 10.1. The van der Waals surface area contributed by atoms with Gasteiger partial charge in [-0.1, -0.05) is 50.3 Å². The van der Waals surface area contributed by atoms with E-state index in [4.69, 9.17) is 16.7 Å². The Morgan fingerprint density at radius 2 is 1.90 bits per heavy atom. The summed E-state index contributed by atoms with van der Waals surface area (Å²) >= 11 is 5.91. The van der Waals surface area contributed by atoms with Crippen molar-refractivity contribution >= 4 is 29.2 Å². The largest absolute Gasteiger partial charge is 0.480 e. The summed E-state index contributed by atoms with van der Waals surface area (Å²) in [7, 11) is 0. The van der Waals surface area contributed by atoms with Crippen LogP contribution in [0.4, 0.5) is 5.69 Å². The van der Waals surface area contributed by atoms with Gasteiger partial charge < -0.3 is 10.0 Å². The summed E-state index contributed by atoms with van der Waals surface area (Å²) in [5, 5.41) is 9.46. The molecule has 116 valence electrons. The monoisotopic (exact) mass is 311 g/mol. The van der Waals surface area contributed by atoms with Gasteiger partial charge in [-0.25, -0.2) is 0 Å². The van der Waals surface area contributed by atoms with Crippen LogP contribution in [0.3, 0.4) is 0 Å². The maximum Gasteiger partial charge on any atom is 0.323 e. The molecule has 0 bridgehead atoms. The Morgan fingerprint density at radius 1 is 1.19 bits per heavy atom. The molecule has 0 fully saturated rings. The molecule has 1 rings (SSSR count). The smallest absolute Gasteiger partial charge is 0.323 e. The second-order valence-electron chi connectivity index (χ2n) is 5.02. The van der Waals surface area contributed by atoms with Crippen molar-refractivity contribution in [2.45, 2.75) is 45.4 Å². The van der Waals surface area contributed by atoms with Crippen LogP contribution in [0.15, 0.2) is 24.3 Å². The molecule has 0 saturated carbocycles. The van der Waals surface area contributed by atoms with E-state index in [1.54, 1.807) is 24.3 Å². The second kappa shape index (κ2) is 9.40. The third-order valence-corrected chi connectivity index (χ3v) is 3.44. The second-order valence-corrected chi connectivity index (χ2v) is 5.45. The molecule has 0 unspecified atom stereocenters. The summed E-state index contributed by atoms with van der Waals surface area (Å²) in [6.07, 6.45) is 5.58. The highest BCUT2D eigenvalue weighted by molar-refractivity contribution is 6.30. The van der Waals surface area contributed by atoms with Crippen LogP contribution in [0.1, 0.15) is 45.4 Å². The van der Waals surface area contributed by atoms with E-state index in [2.05, 4.69) is 6.92 Å². The van der Waals surface area contributed by atoms with E-state index < -0.39 is 5.97 Å². The van der Waals surface area contributed by atoms with Crippen molar-refractivity contribution in [2.75, 3.05) is 11.4 Å². The quantitative estimate of drug-likeness (QED) is 0.698. The number of carbonyl (C=O) groups is 2. The molecule has 4 nitrogen and oxygen atoms in total. The van der Waals surface area contributed by atoms with E-state index >= 15 is 0 Å². The topological polar surface area (TPSA) is 57.6 Å². The first-order valence-electron chi connectivity index (χ1n) is 7.32. The van der Waals surface area contributed by atoms with Crippen LogP contribution in [-0.4, -0.2) is 23.5 Å². The number of hydrogen-bond acceptors (Lipinski definition) is 2. The normalized spacial score (nSPS) is 10.4. The summed E-state index contributed by atoms with van der Waals surface area (Å²) < 4.78 is 0. The molecule has 0 saturated heterocycles. The first-order chi connectivity index (χ1) is 10.0. The van der Waals surface area contributed by atoms with E-state index in [0.717, 1.165) is 25.7 Å². The number of unbranched alkanes of at least 4 members (excludes halogenated alkanes) is 4. The minimum absolute atomic E-state index is 0.170. The van der Waals surface area contributed by atoms with Crippen molar-refractivity contribution < 1.29 is 14.7 Å². The number of halogens is 1. The molecule has 1 aromatic carbocycles. The predicted octanol–water partition coefficient (Wildman–Crippen LogP) is 4.12. The highest BCUT2D eigenvalue weighted by atomic mass is 35.5. The van der Waals surface area contributed by atoms with Crippen molar-refractivity contribution in [1.82, 2.24) is 0 Å². The van der Waals surface area contributed by atoms with E-state index in [0.29, 0.717) is 17.1 Å². The molecule has 21 heavy (non-hydrogen) atoms. The maximum atomic E-state index is 12.2. The Kier molecular flexibility index (Phi) is 7.83. The van der Waals surface area contributed by atoms with Gasteiger partial charge in [-0.05, 0) is 24.6 Å². The fourth-order valence-corrected chi connectivity index (χ4v) is 2.30. The molecular formula is C16H22ClNO3. The molecule has 0 atom stereocenters. The van der Waals surface area contributed by atoms with Gasteiger partial charge in [-0.2, -0.15) is 0 Å². The summed E-state index contributed by atoms with van der Waals surface area (Å²) in [5.41, 5.74) is 0.531. The number of rotatable bonds is 9. The Morgan fingerprint density at radius 3 is 2.52 bits per heavy atom. The number of carboxylic acid groups (broad SMARTS) is 1. The van der Waals surface area contributed by atoms with Crippen molar-refractivity contribution in [2.24, 2.45) is 0 Å². The van der Waals surface area contributed by atoms with Crippen molar-refractivity contribution in [3.8, 4) is 0 Å². The van der Waals surface area contributed by atoms with Crippen LogP contribution < -0.4 is 4.90 Å². The van der Waals surface area contributed by atoms with Gasteiger partial charge in [0.1, 0.15) is 6.54 Å². The molecule has 5 heteroatoms. The van der Waals surface area contributed by atoms with Gasteiger partial charge in [0.2, 0.25) is 5.91 Å². The zero-order valence-corrected chi connectivity index (χ0v) is 13.1. The molecular weight excluding hydrogens is 290 g/mol. The lowest BCUT2D eigenvalue weighted by Gasteiger charge is -2.21. The number of carboxylic acids is 1. The van der Waals surface area contributed by atoms with Gasteiger partial charge in [0.05, 0.1) is 0 Å². The first-order valence-corrected chi connectivity index (χ1v) is 7.70. The number of anilines is 1. The molecule has 0 aliphatic heterocycles. The Labute approximate surface area is 130 Å². The molecule has 1 aromatic rings. The Hall–Kier alpha value is -1.55. The highest BCUT2D eigenvalue weighted by Gasteiger charge is 2.18. The van der Waals surface area contributed by atoms with Crippen LogP contribution in [-0.2, 0) is 9.59 Å². The third kappa shape index (κ3) is 6.63. The van der Waals surface area contributed by atoms with E-state index in [9.17, 15) is 9.59 Å². The number of carbonyl (C=O) groups excluding carboxylic acids is 1. The molecule has 0 heterocycles. The molecule has 1 N–H and O–H groups in total. The van der Waals surface area contributed by atoms with E-state index in [-0.39, 0.29) is 12.5 Å². The van der Waals surface area contributed by atoms with Crippen LogP contribution >= 0.6 is 11.6 Å². The maximum absolute atomic E-state index is 12.2. The number of benzene rings is 1. The molecule has 0 spiro atoms. The number of aliphatic carboxylic acids is 1. The molecule has 1 amide bonds. The van der Waals surface area contributed by atoms with Gasteiger partial charge in [-0.3, -0.25) is 9.59 Å². The summed E-state index contributed by atoms with van der Waals surface area (Å²) in [6.45, 7) is 1.80. The van der Waals surface area contributed by atoms with Gasteiger partial charge in [0.25, 0.3) is 0 Å². The summed E-state index contributed by atoms with van der Waals surface area (Å²) in [5.74, 6) is -1.20. The van der Waals surface area contributed by atoms with Gasteiger partial charge in [0, 0.05) is 17.1 Å². The van der Waals surface area contributed by atoms with Gasteiger partial charge >= 0.3 is 5.97 Å². The average Bonchev–Trinajstić information content (AvgIpc) is 2.44. The standard InChI is InChI=1S/C16H22ClNO3/c1-2-3-4-5-6-10-15(19)18(12-16(20)21)14-9-7-8-13(17)11-14/h7-9,11H,2-6,10,12H2,1H3,(H,20,21). The predicted molar refractivity (Wildman–Crippen MR) is 84.8 cm³/mol. The zero-order valence-electron chi connectivity index (χ0n) is 12.3.